The van der Waals surface area contributed by atoms with Gasteiger partial charge in [0.25, 0.3) is 0 Å². The molecule has 3 N–H and O–H groups in total. The van der Waals surface area contributed by atoms with Crippen LogP contribution < -0.4 is 10.6 Å². The normalized spacial score (nSPS) is 11.3. The first-order valence-electron chi connectivity index (χ1n) is 5.88. The molecule has 0 aliphatic heterocycles. The maximum atomic E-state index is 11.6. The number of hydrogen-bond acceptors (Lipinski definition) is 4. The molecule has 1 rings (SSSR count). The molecule has 1 unspecified atom stereocenters. The molecule has 7 heteroatoms. The van der Waals surface area contributed by atoms with E-state index in [1.54, 1.807) is 24.3 Å². The molecule has 0 aliphatic rings. The molecule has 0 aliphatic carbocycles. The molecule has 1 atom stereocenters. The Balaban J connectivity index is 2.62. The molecular formula is C13H16N2O5. The smallest absolute Gasteiger partial charge is 0.328 e. The maximum Gasteiger partial charge on any atom is 0.328 e. The number of amides is 2. The van der Waals surface area contributed by atoms with Crippen LogP contribution in [0.3, 0.4) is 0 Å². The molecule has 7 nitrogen and oxygen atoms in total. The fourth-order valence-electron chi connectivity index (χ4n) is 1.53. The van der Waals surface area contributed by atoms with Crippen molar-refractivity contribution in [2.45, 2.75) is 19.4 Å². The molecule has 1 aromatic carbocycles. The Morgan fingerprint density at radius 2 is 2.05 bits per heavy atom. The van der Waals surface area contributed by atoms with E-state index in [1.807, 2.05) is 0 Å². The number of nitrogens with one attached hydrogen (secondary N) is 2. The molecule has 0 radical (unpaired) electrons. The quantitative estimate of drug-likeness (QED) is 0.698. The van der Waals surface area contributed by atoms with E-state index in [0.717, 1.165) is 0 Å². The van der Waals surface area contributed by atoms with Gasteiger partial charge in [-0.05, 0) is 24.6 Å². The van der Waals surface area contributed by atoms with Crippen molar-refractivity contribution in [3.8, 4) is 0 Å². The zero-order valence-corrected chi connectivity index (χ0v) is 11.2. The molecule has 108 valence electrons. The number of aliphatic carboxylic acids is 1. The monoisotopic (exact) mass is 280 g/mol. The number of hydrogen-bond donors (Lipinski definition) is 3. The summed E-state index contributed by atoms with van der Waals surface area (Å²) in [5, 5.41) is 13.6. The highest BCUT2D eigenvalue weighted by atomic mass is 16.5. The van der Waals surface area contributed by atoms with Crippen LogP contribution >= 0.6 is 0 Å². The van der Waals surface area contributed by atoms with E-state index in [-0.39, 0.29) is 6.42 Å². The minimum Gasteiger partial charge on any atom is -0.481 e. The Morgan fingerprint density at radius 1 is 1.35 bits per heavy atom. The number of benzene rings is 1. The molecule has 20 heavy (non-hydrogen) atoms. The first-order valence-corrected chi connectivity index (χ1v) is 5.88. The molecule has 0 aromatic heterocycles. The van der Waals surface area contributed by atoms with E-state index >= 15 is 0 Å². The molecule has 0 saturated heterocycles. The number of carbonyl (C=O) groups excluding carboxylic acids is 2. The van der Waals surface area contributed by atoms with Crippen molar-refractivity contribution < 1.29 is 24.2 Å². The Labute approximate surface area is 115 Å². The summed E-state index contributed by atoms with van der Waals surface area (Å²) in [5.74, 6) is -1.51. The highest BCUT2D eigenvalue weighted by Crippen LogP contribution is 2.11. The molecule has 0 saturated carbocycles. The van der Waals surface area contributed by atoms with Gasteiger partial charge in [-0.15, -0.1) is 0 Å². The average Bonchev–Trinajstić information content (AvgIpc) is 2.37. The molecule has 0 heterocycles. The molecular weight excluding hydrogens is 264 g/mol. The van der Waals surface area contributed by atoms with Gasteiger partial charge >= 0.3 is 18.0 Å². The topological polar surface area (TPSA) is 105 Å². The summed E-state index contributed by atoms with van der Waals surface area (Å²) in [4.78, 5) is 33.4. The third-order valence-electron chi connectivity index (χ3n) is 2.44. The second-order valence-electron chi connectivity index (χ2n) is 4.11. The van der Waals surface area contributed by atoms with E-state index in [2.05, 4.69) is 15.4 Å². The van der Waals surface area contributed by atoms with Crippen LogP contribution in [0.5, 0.6) is 0 Å². The number of rotatable bonds is 5. The van der Waals surface area contributed by atoms with Crippen molar-refractivity contribution in [3.63, 3.8) is 0 Å². The zero-order chi connectivity index (χ0) is 15.1. The number of ether oxygens (including phenoxy) is 1. The van der Waals surface area contributed by atoms with Crippen LogP contribution in [0.25, 0.3) is 0 Å². The summed E-state index contributed by atoms with van der Waals surface area (Å²) < 4.78 is 4.48. The summed E-state index contributed by atoms with van der Waals surface area (Å²) in [6.45, 7) is 1.49. The van der Waals surface area contributed by atoms with Gasteiger partial charge in [0, 0.05) is 5.69 Å². The SMILES string of the molecule is COC(=O)C(C)NC(=O)Nc1cccc(CC(=O)O)c1. The van der Waals surface area contributed by atoms with Gasteiger partial charge in [0.2, 0.25) is 0 Å². The van der Waals surface area contributed by atoms with Gasteiger partial charge in [-0.25, -0.2) is 9.59 Å². The fourth-order valence-corrected chi connectivity index (χ4v) is 1.53. The van der Waals surface area contributed by atoms with Crippen LogP contribution in [0.2, 0.25) is 0 Å². The Kier molecular flexibility index (Phi) is 5.52. The van der Waals surface area contributed by atoms with E-state index < -0.39 is 24.0 Å². The highest BCUT2D eigenvalue weighted by molar-refractivity contribution is 5.92. The maximum absolute atomic E-state index is 11.6. The highest BCUT2D eigenvalue weighted by Gasteiger charge is 2.15. The molecule has 0 fully saturated rings. The van der Waals surface area contributed by atoms with E-state index in [0.29, 0.717) is 11.3 Å². The lowest BCUT2D eigenvalue weighted by Crippen LogP contribution is -2.41. The van der Waals surface area contributed by atoms with Gasteiger partial charge in [0.1, 0.15) is 6.04 Å². The lowest BCUT2D eigenvalue weighted by molar-refractivity contribution is -0.142. The van der Waals surface area contributed by atoms with Gasteiger partial charge in [0.15, 0.2) is 0 Å². The van der Waals surface area contributed by atoms with Gasteiger partial charge in [-0.2, -0.15) is 0 Å². The lowest BCUT2D eigenvalue weighted by atomic mass is 10.1. The standard InChI is InChI=1S/C13H16N2O5/c1-8(12(18)20-2)14-13(19)15-10-5-3-4-9(6-10)7-11(16)17/h3-6,8H,7H2,1-2H3,(H,16,17)(H2,14,15,19). The number of esters is 1. The Bertz CT molecular complexity index is 515. The second-order valence-corrected chi connectivity index (χ2v) is 4.11. The van der Waals surface area contributed by atoms with Gasteiger partial charge in [-0.1, -0.05) is 12.1 Å². The van der Waals surface area contributed by atoms with E-state index in [9.17, 15) is 14.4 Å². The van der Waals surface area contributed by atoms with Crippen molar-refractivity contribution in [2.75, 3.05) is 12.4 Å². The minimum atomic E-state index is -0.953. The van der Waals surface area contributed by atoms with Crippen molar-refractivity contribution in [3.05, 3.63) is 29.8 Å². The summed E-state index contributed by atoms with van der Waals surface area (Å²) in [6, 6.07) is 5.11. The van der Waals surface area contributed by atoms with Crippen molar-refractivity contribution in [1.29, 1.82) is 0 Å². The first-order chi connectivity index (χ1) is 9.42. The fraction of sp³-hybridized carbons (Fsp3) is 0.308. The van der Waals surface area contributed by atoms with Crippen LogP contribution in [0.4, 0.5) is 10.5 Å². The summed E-state index contributed by atoms with van der Waals surface area (Å²) in [6.07, 6.45) is -0.129. The zero-order valence-electron chi connectivity index (χ0n) is 11.2. The van der Waals surface area contributed by atoms with E-state index in [4.69, 9.17) is 5.11 Å². The summed E-state index contributed by atoms with van der Waals surface area (Å²) in [5.41, 5.74) is 1.01. The largest absolute Gasteiger partial charge is 0.481 e. The summed E-state index contributed by atoms with van der Waals surface area (Å²) >= 11 is 0. The number of anilines is 1. The molecule has 2 amide bonds. The van der Waals surface area contributed by atoms with Crippen LogP contribution in [0.15, 0.2) is 24.3 Å². The van der Waals surface area contributed by atoms with Crippen molar-refractivity contribution in [1.82, 2.24) is 5.32 Å². The van der Waals surface area contributed by atoms with E-state index in [1.165, 1.54) is 14.0 Å². The van der Waals surface area contributed by atoms with Crippen LogP contribution in [-0.4, -0.2) is 36.2 Å². The third kappa shape index (κ3) is 4.97. The second kappa shape index (κ2) is 7.13. The number of carbonyl (C=O) groups is 3. The molecule has 0 spiro atoms. The van der Waals surface area contributed by atoms with Gasteiger partial charge < -0.3 is 20.5 Å². The van der Waals surface area contributed by atoms with Crippen LogP contribution in [-0.2, 0) is 20.7 Å². The first kappa shape index (κ1) is 15.5. The molecule has 1 aromatic rings. The minimum absolute atomic E-state index is 0.129. The van der Waals surface area contributed by atoms with Crippen molar-refractivity contribution in [2.24, 2.45) is 0 Å². The van der Waals surface area contributed by atoms with Crippen LogP contribution in [0, 0.1) is 0 Å². The number of urea groups is 1. The van der Waals surface area contributed by atoms with Crippen LogP contribution in [0.1, 0.15) is 12.5 Å². The number of methoxy groups -OCH3 is 1. The molecule has 0 bridgehead atoms. The Hall–Kier alpha value is -2.57. The summed E-state index contributed by atoms with van der Waals surface area (Å²) in [7, 11) is 1.23. The lowest BCUT2D eigenvalue weighted by Gasteiger charge is -2.12. The predicted octanol–water partition coefficient (Wildman–Crippen LogP) is 0.997. The number of carboxylic acid groups (broad SMARTS) is 1. The third-order valence-corrected chi connectivity index (χ3v) is 2.44. The van der Waals surface area contributed by atoms with Gasteiger partial charge in [-0.3, -0.25) is 4.79 Å². The predicted molar refractivity (Wildman–Crippen MR) is 71.4 cm³/mol. The average molecular weight is 280 g/mol. The van der Waals surface area contributed by atoms with Gasteiger partial charge in [0.05, 0.1) is 13.5 Å². The van der Waals surface area contributed by atoms with Crippen molar-refractivity contribution >= 4 is 23.7 Å². The Morgan fingerprint density at radius 3 is 2.65 bits per heavy atom. The number of carboxylic acids is 1.